The summed E-state index contributed by atoms with van der Waals surface area (Å²) in [4.78, 5) is 2.39. The molecule has 2 heterocycles. The fourth-order valence-corrected chi connectivity index (χ4v) is 4.97. The van der Waals surface area contributed by atoms with Gasteiger partial charge >= 0.3 is 0 Å². The van der Waals surface area contributed by atoms with Crippen LogP contribution in [0.2, 0.25) is 0 Å². The van der Waals surface area contributed by atoms with Crippen LogP contribution < -0.4 is 4.72 Å². The first-order chi connectivity index (χ1) is 12.1. The quantitative estimate of drug-likeness (QED) is 0.788. The Morgan fingerprint density at radius 3 is 2.64 bits per heavy atom. The van der Waals surface area contributed by atoms with Crippen LogP contribution >= 0.6 is 0 Å². The fourth-order valence-electron chi connectivity index (χ4n) is 3.58. The molecule has 0 bridgehead atoms. The van der Waals surface area contributed by atoms with Gasteiger partial charge in [0.1, 0.15) is 0 Å². The molecule has 1 aromatic rings. The number of rotatable bonds is 7. The normalized spacial score (nSPS) is 23.6. The van der Waals surface area contributed by atoms with Crippen LogP contribution in [0.3, 0.4) is 0 Å². The van der Waals surface area contributed by atoms with E-state index in [9.17, 15) is 8.42 Å². The number of benzene rings is 1. The summed E-state index contributed by atoms with van der Waals surface area (Å²) in [5.41, 5.74) is 1.36. The molecule has 25 heavy (non-hydrogen) atoms. The van der Waals surface area contributed by atoms with Crippen molar-refractivity contribution in [1.29, 1.82) is 0 Å². The van der Waals surface area contributed by atoms with E-state index < -0.39 is 10.2 Å². The van der Waals surface area contributed by atoms with E-state index >= 15 is 0 Å². The molecule has 6 nitrogen and oxygen atoms in total. The van der Waals surface area contributed by atoms with E-state index in [2.05, 4.69) is 33.9 Å². The number of nitrogens with zero attached hydrogens (tertiary/aromatic N) is 2. The van der Waals surface area contributed by atoms with Gasteiger partial charge in [0.15, 0.2) is 0 Å². The average molecular weight is 368 g/mol. The molecule has 1 N–H and O–H groups in total. The van der Waals surface area contributed by atoms with Crippen molar-refractivity contribution in [3.05, 3.63) is 35.9 Å². The Kier molecular flexibility index (Phi) is 6.84. The van der Waals surface area contributed by atoms with Crippen molar-refractivity contribution in [3.63, 3.8) is 0 Å². The van der Waals surface area contributed by atoms with Crippen molar-refractivity contribution in [2.75, 3.05) is 45.9 Å². The van der Waals surface area contributed by atoms with Gasteiger partial charge in [-0.15, -0.1) is 0 Å². The predicted octanol–water partition coefficient (Wildman–Crippen LogP) is 1.25. The minimum absolute atomic E-state index is 0.0123. The van der Waals surface area contributed by atoms with E-state index in [1.54, 1.807) is 0 Å². The van der Waals surface area contributed by atoms with E-state index in [0.29, 0.717) is 26.3 Å². The highest BCUT2D eigenvalue weighted by atomic mass is 32.2. The van der Waals surface area contributed by atoms with Gasteiger partial charge in [0.05, 0.1) is 13.2 Å². The van der Waals surface area contributed by atoms with E-state index in [4.69, 9.17) is 4.74 Å². The Bertz CT molecular complexity index is 618. The molecule has 2 aliphatic rings. The van der Waals surface area contributed by atoms with Gasteiger partial charge in [-0.05, 0) is 44.3 Å². The van der Waals surface area contributed by atoms with E-state index in [0.717, 1.165) is 45.3 Å². The summed E-state index contributed by atoms with van der Waals surface area (Å²) in [6.07, 6.45) is 4.13. The van der Waals surface area contributed by atoms with Gasteiger partial charge in [-0.25, -0.2) is 0 Å². The van der Waals surface area contributed by atoms with Crippen molar-refractivity contribution >= 4 is 10.2 Å². The molecular formula is C18H29N3O3S. The number of hydrogen-bond donors (Lipinski definition) is 1. The van der Waals surface area contributed by atoms with Crippen LogP contribution in [0.4, 0.5) is 0 Å². The zero-order valence-corrected chi connectivity index (χ0v) is 15.6. The van der Waals surface area contributed by atoms with Crippen molar-refractivity contribution in [3.8, 4) is 0 Å². The number of nitrogens with one attached hydrogen (secondary N) is 1. The molecule has 2 saturated heterocycles. The summed E-state index contributed by atoms with van der Waals surface area (Å²) < 4.78 is 34.6. The first-order valence-electron chi connectivity index (χ1n) is 9.25. The van der Waals surface area contributed by atoms with Gasteiger partial charge in [-0.1, -0.05) is 30.3 Å². The molecule has 0 aliphatic carbocycles. The Hall–Kier alpha value is -0.990. The van der Waals surface area contributed by atoms with Gasteiger partial charge < -0.3 is 9.64 Å². The highest BCUT2D eigenvalue weighted by molar-refractivity contribution is 7.87. The summed E-state index contributed by atoms with van der Waals surface area (Å²) in [7, 11) is -3.39. The molecular weight excluding hydrogens is 338 g/mol. The molecule has 1 unspecified atom stereocenters. The van der Waals surface area contributed by atoms with Gasteiger partial charge in [-0.2, -0.15) is 17.4 Å². The monoisotopic (exact) mass is 367 g/mol. The lowest BCUT2D eigenvalue weighted by molar-refractivity contribution is 0.0720. The second kappa shape index (κ2) is 9.09. The Morgan fingerprint density at radius 2 is 1.88 bits per heavy atom. The van der Waals surface area contributed by atoms with E-state index in [-0.39, 0.29) is 6.04 Å². The Morgan fingerprint density at radius 1 is 1.12 bits per heavy atom. The van der Waals surface area contributed by atoms with Gasteiger partial charge in [0.25, 0.3) is 10.2 Å². The number of ether oxygens (including phenoxy) is 1. The zero-order valence-electron chi connectivity index (χ0n) is 14.8. The topological polar surface area (TPSA) is 61.9 Å². The third-order valence-corrected chi connectivity index (χ3v) is 6.59. The second-order valence-corrected chi connectivity index (χ2v) is 8.57. The Balaban J connectivity index is 1.44. The molecule has 0 spiro atoms. The van der Waals surface area contributed by atoms with Crippen LogP contribution in [0.25, 0.3) is 0 Å². The summed E-state index contributed by atoms with van der Waals surface area (Å²) in [5.74, 6) is 0. The van der Waals surface area contributed by atoms with E-state index in [1.807, 2.05) is 6.07 Å². The van der Waals surface area contributed by atoms with Crippen molar-refractivity contribution in [1.82, 2.24) is 13.9 Å². The summed E-state index contributed by atoms with van der Waals surface area (Å²) >= 11 is 0. The lowest BCUT2D eigenvalue weighted by Gasteiger charge is -2.35. The Labute approximate surface area is 151 Å². The zero-order chi connectivity index (χ0) is 17.5. The lowest BCUT2D eigenvalue weighted by Crippen LogP contribution is -2.53. The van der Waals surface area contributed by atoms with Gasteiger partial charge in [0.2, 0.25) is 0 Å². The number of aryl methyl sites for hydroxylation is 1. The molecule has 2 fully saturated rings. The summed E-state index contributed by atoms with van der Waals surface area (Å²) in [6.45, 7) is 4.74. The molecule has 0 aromatic heterocycles. The van der Waals surface area contributed by atoms with Crippen LogP contribution in [0.15, 0.2) is 30.3 Å². The minimum atomic E-state index is -3.39. The van der Waals surface area contributed by atoms with Gasteiger partial charge in [-0.3, -0.25) is 0 Å². The fraction of sp³-hybridized carbons (Fsp3) is 0.667. The molecule has 0 amide bonds. The SMILES string of the molecule is O=S(=O)(NC1CCCN(CCCc2ccccc2)C1)N1CCOCC1. The molecule has 7 heteroatoms. The van der Waals surface area contributed by atoms with Crippen molar-refractivity contribution < 1.29 is 13.2 Å². The van der Waals surface area contributed by atoms with Crippen molar-refractivity contribution in [2.24, 2.45) is 0 Å². The minimum Gasteiger partial charge on any atom is -0.379 e. The van der Waals surface area contributed by atoms with Crippen LogP contribution in [-0.2, 0) is 21.4 Å². The molecule has 2 aliphatic heterocycles. The average Bonchev–Trinajstić information content (AvgIpc) is 2.63. The largest absolute Gasteiger partial charge is 0.379 e. The second-order valence-electron chi connectivity index (χ2n) is 6.86. The summed E-state index contributed by atoms with van der Waals surface area (Å²) in [5, 5.41) is 0. The molecule has 3 rings (SSSR count). The standard InChI is InChI=1S/C18H29N3O3S/c22-25(23,21-12-14-24-15-13-21)19-18-9-5-11-20(16-18)10-4-8-17-6-2-1-3-7-17/h1-3,6-7,18-19H,4-5,8-16H2. The predicted molar refractivity (Wildman–Crippen MR) is 98.7 cm³/mol. The molecule has 140 valence electrons. The van der Waals surface area contributed by atoms with E-state index in [1.165, 1.54) is 9.87 Å². The highest BCUT2D eigenvalue weighted by Gasteiger charge is 2.29. The van der Waals surface area contributed by atoms with Gasteiger partial charge in [0, 0.05) is 25.7 Å². The molecule has 0 radical (unpaired) electrons. The summed E-state index contributed by atoms with van der Waals surface area (Å²) in [6, 6.07) is 10.5. The number of hydrogen-bond acceptors (Lipinski definition) is 4. The first kappa shape index (κ1) is 18.8. The number of likely N-dealkylation sites (tertiary alicyclic amines) is 1. The van der Waals surface area contributed by atoms with Crippen molar-refractivity contribution in [2.45, 2.75) is 31.7 Å². The van der Waals surface area contributed by atoms with Crippen LogP contribution in [0, 0.1) is 0 Å². The third-order valence-electron chi connectivity index (χ3n) is 4.91. The van der Waals surface area contributed by atoms with Crippen LogP contribution in [0.1, 0.15) is 24.8 Å². The highest BCUT2D eigenvalue weighted by Crippen LogP contribution is 2.14. The maximum atomic E-state index is 12.5. The lowest BCUT2D eigenvalue weighted by atomic mass is 10.1. The molecule has 0 saturated carbocycles. The first-order valence-corrected chi connectivity index (χ1v) is 10.7. The van der Waals surface area contributed by atoms with Crippen LogP contribution in [-0.4, -0.2) is 69.6 Å². The third kappa shape index (κ3) is 5.76. The number of morpholine rings is 1. The number of piperidine rings is 1. The maximum absolute atomic E-state index is 12.5. The molecule has 1 atom stereocenters. The molecule has 1 aromatic carbocycles. The van der Waals surface area contributed by atoms with Crippen LogP contribution in [0.5, 0.6) is 0 Å². The smallest absolute Gasteiger partial charge is 0.279 e. The maximum Gasteiger partial charge on any atom is 0.279 e.